The van der Waals surface area contributed by atoms with Crippen LogP contribution in [0.5, 0.6) is 11.5 Å². The molecule has 14 heteroatoms. The van der Waals surface area contributed by atoms with Crippen LogP contribution in [0.4, 0.5) is 17.1 Å². The van der Waals surface area contributed by atoms with Crippen LogP contribution in [0.2, 0.25) is 0 Å². The van der Waals surface area contributed by atoms with Crippen LogP contribution >= 0.6 is 0 Å². The van der Waals surface area contributed by atoms with Crippen molar-refractivity contribution in [2.75, 3.05) is 5.73 Å². The van der Waals surface area contributed by atoms with Crippen LogP contribution in [0.15, 0.2) is 50.4 Å². The third-order valence-electron chi connectivity index (χ3n) is 4.48. The average Bonchev–Trinajstić information content (AvgIpc) is 2.64. The minimum atomic E-state index is -4.73. The second kappa shape index (κ2) is 8.65. The smallest absolute Gasteiger partial charge is 0.298 e. The van der Waals surface area contributed by atoms with Crippen molar-refractivity contribution in [2.45, 2.75) is 23.6 Å². The number of nitrogens with two attached hydrogens (primary N) is 1. The van der Waals surface area contributed by atoms with Crippen LogP contribution in [0.1, 0.15) is 11.1 Å². The van der Waals surface area contributed by atoms with Gasteiger partial charge in [-0.1, -0.05) is 6.07 Å². The molecular weight excluding hydrogens is 514 g/mol. The predicted octanol–water partition coefficient (Wildman–Crippen LogP) is 3.36. The topological polar surface area (TPSA) is 200 Å². The van der Waals surface area contributed by atoms with E-state index in [2.05, 4.69) is 10.2 Å². The molecule has 0 amide bonds. The predicted molar refractivity (Wildman–Crippen MR) is 111 cm³/mol. The molecule has 0 aliphatic heterocycles. The summed E-state index contributed by atoms with van der Waals surface area (Å²) in [5.74, 6) is -1.39. The maximum atomic E-state index is 11.7. The number of fused-ring (bicyclic) bond motifs is 1. The Kier molecular flexibility index (Phi) is 6.90. The summed E-state index contributed by atoms with van der Waals surface area (Å²) in [6.07, 6.45) is 0. The number of hydrogen-bond donors (Lipinski definition) is 5. The molecule has 6 N–H and O–H groups in total. The van der Waals surface area contributed by atoms with Gasteiger partial charge in [0.05, 0.1) is 5.39 Å². The van der Waals surface area contributed by atoms with Crippen molar-refractivity contribution in [3.8, 4) is 11.5 Å². The number of phenols is 2. The van der Waals surface area contributed by atoms with Crippen LogP contribution in [-0.4, -0.2) is 36.2 Å². The van der Waals surface area contributed by atoms with Crippen molar-refractivity contribution in [1.82, 2.24) is 0 Å². The zero-order valence-corrected chi connectivity index (χ0v) is 19.0. The molecular formula is C18H17CuN3O8S2. The summed E-state index contributed by atoms with van der Waals surface area (Å²) in [6.45, 7) is 2.99. The summed E-state index contributed by atoms with van der Waals surface area (Å²) in [6, 6.07) is 5.94. The molecule has 0 aromatic heterocycles. The SMILES string of the molecule is Cc1cc(N=Nc2ccc3c(S(=O)(=O)O)cc(C)c(N)c3c2O)c(O)c(S(=O)(=O)O)c1.[Cu]. The van der Waals surface area contributed by atoms with Gasteiger partial charge in [0, 0.05) is 28.1 Å². The number of aryl methyl sites for hydroxylation is 2. The van der Waals surface area contributed by atoms with Crippen LogP contribution in [0.3, 0.4) is 0 Å². The molecule has 1 radical (unpaired) electrons. The Morgan fingerprint density at radius 3 is 1.94 bits per heavy atom. The van der Waals surface area contributed by atoms with Crippen molar-refractivity contribution in [2.24, 2.45) is 10.2 Å². The molecule has 0 heterocycles. The number of benzene rings is 3. The minimum Gasteiger partial charge on any atom is -0.505 e. The molecule has 0 saturated heterocycles. The molecule has 0 unspecified atom stereocenters. The first-order valence-corrected chi connectivity index (χ1v) is 11.3. The van der Waals surface area contributed by atoms with Gasteiger partial charge in [-0.3, -0.25) is 9.11 Å². The van der Waals surface area contributed by atoms with Gasteiger partial charge in [-0.05, 0) is 49.2 Å². The number of nitrogen functional groups attached to an aromatic ring is 1. The molecule has 3 aromatic carbocycles. The van der Waals surface area contributed by atoms with Gasteiger partial charge in [0.2, 0.25) is 0 Å². The van der Waals surface area contributed by atoms with Gasteiger partial charge in [-0.15, -0.1) is 10.2 Å². The Labute approximate surface area is 193 Å². The molecule has 0 aliphatic carbocycles. The van der Waals surface area contributed by atoms with Gasteiger partial charge in [0.1, 0.15) is 21.2 Å². The van der Waals surface area contributed by atoms with E-state index in [0.29, 0.717) is 5.56 Å². The first kappa shape index (κ1) is 25.5. The Morgan fingerprint density at radius 1 is 0.812 bits per heavy atom. The Bertz CT molecular complexity index is 1490. The Balaban J connectivity index is 0.00000363. The van der Waals surface area contributed by atoms with Crippen molar-refractivity contribution >= 4 is 48.1 Å². The third kappa shape index (κ3) is 4.70. The summed E-state index contributed by atoms with van der Waals surface area (Å²) in [4.78, 5) is -1.22. The van der Waals surface area contributed by atoms with Crippen molar-refractivity contribution in [3.05, 3.63) is 41.5 Å². The second-order valence-electron chi connectivity index (χ2n) is 6.74. The number of azo groups is 1. The van der Waals surface area contributed by atoms with Crippen LogP contribution in [-0.2, 0) is 37.3 Å². The fraction of sp³-hybridized carbons (Fsp3) is 0.111. The summed E-state index contributed by atoms with van der Waals surface area (Å²) in [5.41, 5.74) is 6.16. The van der Waals surface area contributed by atoms with E-state index in [9.17, 15) is 36.2 Å². The number of hydrogen-bond acceptors (Lipinski definition) is 9. The molecule has 0 saturated carbocycles. The van der Waals surface area contributed by atoms with Gasteiger partial charge in [0.25, 0.3) is 20.2 Å². The van der Waals surface area contributed by atoms with Gasteiger partial charge in [-0.2, -0.15) is 16.8 Å². The van der Waals surface area contributed by atoms with Crippen molar-refractivity contribution < 1.29 is 53.2 Å². The summed E-state index contributed by atoms with van der Waals surface area (Å²) in [5, 5.41) is 28.1. The molecule has 3 rings (SSSR count). The summed E-state index contributed by atoms with van der Waals surface area (Å²) >= 11 is 0. The van der Waals surface area contributed by atoms with Gasteiger partial charge >= 0.3 is 0 Å². The van der Waals surface area contributed by atoms with E-state index in [1.165, 1.54) is 32.0 Å². The standard InChI is InChI=1S/C18H17N3O8S2.Cu/c1-8-5-12(17(22)14(6-8)31(27,28)29)21-20-11-4-3-10-13(30(24,25)26)7-9(2)16(19)15(10)18(11)23;/h3-7,22-23H,19H2,1-2H3,(H,24,25,26)(H,27,28,29);. The number of phenolic OH excluding ortho intramolecular Hbond substituents is 2. The maximum absolute atomic E-state index is 11.7. The van der Waals surface area contributed by atoms with E-state index < -0.39 is 41.5 Å². The van der Waals surface area contributed by atoms with Gasteiger partial charge in [-0.25, -0.2) is 0 Å². The van der Waals surface area contributed by atoms with E-state index >= 15 is 0 Å². The number of rotatable bonds is 4. The normalized spacial score (nSPS) is 12.2. The largest absolute Gasteiger partial charge is 0.505 e. The van der Waals surface area contributed by atoms with Crippen molar-refractivity contribution in [1.29, 1.82) is 0 Å². The van der Waals surface area contributed by atoms with Gasteiger partial charge in [0.15, 0.2) is 11.5 Å². The monoisotopic (exact) mass is 530 g/mol. The number of aromatic hydroxyl groups is 2. The van der Waals surface area contributed by atoms with E-state index in [0.717, 1.165) is 12.1 Å². The van der Waals surface area contributed by atoms with Crippen LogP contribution in [0, 0.1) is 13.8 Å². The Morgan fingerprint density at radius 2 is 1.38 bits per heavy atom. The Hall–Kier alpha value is -2.74. The number of nitrogens with zero attached hydrogens (tertiary/aromatic N) is 2. The molecule has 0 aliphatic rings. The molecule has 0 fully saturated rings. The molecule has 32 heavy (non-hydrogen) atoms. The van der Waals surface area contributed by atoms with E-state index in [-0.39, 0.29) is 50.5 Å². The maximum Gasteiger partial charge on any atom is 0.298 e. The first-order chi connectivity index (χ1) is 14.2. The molecule has 0 spiro atoms. The molecule has 11 nitrogen and oxygen atoms in total. The molecule has 3 aromatic rings. The first-order valence-electron chi connectivity index (χ1n) is 8.47. The molecule has 175 valence electrons. The zero-order chi connectivity index (χ0) is 23.3. The fourth-order valence-electron chi connectivity index (χ4n) is 3.01. The average molecular weight is 531 g/mol. The quantitative estimate of drug-likeness (QED) is 0.145. The zero-order valence-electron chi connectivity index (χ0n) is 16.4. The van der Waals surface area contributed by atoms with Crippen molar-refractivity contribution in [3.63, 3.8) is 0 Å². The van der Waals surface area contributed by atoms with Crippen LogP contribution in [0.25, 0.3) is 10.8 Å². The van der Waals surface area contributed by atoms with E-state index in [1.807, 2.05) is 0 Å². The fourth-order valence-corrected chi connectivity index (χ4v) is 4.47. The third-order valence-corrected chi connectivity index (χ3v) is 6.24. The molecule has 0 bridgehead atoms. The second-order valence-corrected chi connectivity index (χ2v) is 9.52. The van der Waals surface area contributed by atoms with Gasteiger partial charge < -0.3 is 15.9 Å². The van der Waals surface area contributed by atoms with E-state index in [1.54, 1.807) is 0 Å². The van der Waals surface area contributed by atoms with Crippen LogP contribution < -0.4 is 5.73 Å². The summed E-state index contributed by atoms with van der Waals surface area (Å²) in [7, 11) is -9.34. The minimum absolute atomic E-state index is 0. The number of anilines is 1. The molecule has 0 atom stereocenters. The summed E-state index contributed by atoms with van der Waals surface area (Å²) < 4.78 is 64.9. The van der Waals surface area contributed by atoms with E-state index in [4.69, 9.17) is 5.73 Å².